The van der Waals surface area contributed by atoms with E-state index in [0.29, 0.717) is 24.0 Å². The summed E-state index contributed by atoms with van der Waals surface area (Å²) >= 11 is 0. The molecule has 2 aromatic rings. The highest BCUT2D eigenvalue weighted by molar-refractivity contribution is 5.97. The summed E-state index contributed by atoms with van der Waals surface area (Å²) in [5.41, 5.74) is 5.28. The van der Waals surface area contributed by atoms with Crippen molar-refractivity contribution in [1.82, 2.24) is 0 Å². The molecule has 0 heterocycles. The highest BCUT2D eigenvalue weighted by atomic mass is 15.1. The van der Waals surface area contributed by atoms with E-state index in [4.69, 9.17) is 0 Å². The van der Waals surface area contributed by atoms with Crippen molar-refractivity contribution in [3.05, 3.63) is 70.0 Å². The molecule has 2 aromatic carbocycles. The van der Waals surface area contributed by atoms with Gasteiger partial charge < -0.3 is 4.90 Å². The lowest BCUT2D eigenvalue weighted by Gasteiger charge is -2.37. The van der Waals surface area contributed by atoms with Crippen LogP contribution >= 0.6 is 0 Å². The fourth-order valence-electron chi connectivity index (χ4n) is 4.63. The first kappa shape index (κ1) is 19.5. The van der Waals surface area contributed by atoms with E-state index in [2.05, 4.69) is 67.3 Å². The molecule has 0 bridgehead atoms. The Hall–Kier alpha value is -3.81. The Labute approximate surface area is 177 Å². The van der Waals surface area contributed by atoms with Crippen molar-refractivity contribution in [2.75, 3.05) is 11.9 Å². The molecule has 0 unspecified atom stereocenters. The number of benzene rings is 2. The molecular weight excluding hydrogens is 368 g/mol. The quantitative estimate of drug-likeness (QED) is 0.609. The van der Waals surface area contributed by atoms with Crippen molar-refractivity contribution in [3.8, 4) is 18.2 Å². The maximum atomic E-state index is 9.96. The van der Waals surface area contributed by atoms with Crippen LogP contribution in [0, 0.1) is 39.4 Å². The second kappa shape index (κ2) is 7.22. The molecule has 0 aliphatic heterocycles. The average Bonchev–Trinajstić information content (AvgIpc) is 2.73. The monoisotopic (exact) mass is 390 g/mol. The lowest BCUT2D eigenvalue weighted by atomic mass is 9.72. The number of nitrogens with zero attached hydrogens (tertiary/aromatic N) is 4. The van der Waals surface area contributed by atoms with Crippen molar-refractivity contribution in [1.29, 1.82) is 15.8 Å². The molecule has 4 heteroatoms. The number of nitriles is 3. The van der Waals surface area contributed by atoms with Gasteiger partial charge in [0, 0.05) is 24.0 Å². The van der Waals surface area contributed by atoms with Gasteiger partial charge in [-0.15, -0.1) is 0 Å². The number of hydrogen-bond acceptors (Lipinski definition) is 4. The van der Waals surface area contributed by atoms with Crippen LogP contribution < -0.4 is 4.90 Å². The topological polar surface area (TPSA) is 74.6 Å². The summed E-state index contributed by atoms with van der Waals surface area (Å²) in [4.78, 5) is 2.06. The lowest BCUT2D eigenvalue weighted by Crippen LogP contribution is -2.29. The molecule has 2 aliphatic carbocycles. The van der Waals surface area contributed by atoms with E-state index in [9.17, 15) is 15.8 Å². The van der Waals surface area contributed by atoms with E-state index in [1.165, 1.54) is 21.9 Å². The molecule has 2 aliphatic rings. The van der Waals surface area contributed by atoms with Crippen LogP contribution in [0.2, 0.25) is 0 Å². The Kier molecular flexibility index (Phi) is 4.69. The van der Waals surface area contributed by atoms with E-state index >= 15 is 0 Å². The molecule has 0 radical (unpaired) electrons. The second-order valence-corrected chi connectivity index (χ2v) is 8.74. The van der Waals surface area contributed by atoms with Crippen LogP contribution in [-0.2, 0) is 6.42 Å². The number of hydrogen-bond donors (Lipinski definition) is 0. The van der Waals surface area contributed by atoms with Crippen LogP contribution in [0.1, 0.15) is 37.8 Å². The molecule has 0 spiro atoms. The molecule has 30 heavy (non-hydrogen) atoms. The summed E-state index contributed by atoms with van der Waals surface area (Å²) in [6.45, 7) is 4.23. The van der Waals surface area contributed by atoms with Gasteiger partial charge in [-0.05, 0) is 58.7 Å². The van der Waals surface area contributed by atoms with E-state index in [1.54, 1.807) is 0 Å². The summed E-state index contributed by atoms with van der Waals surface area (Å²) in [6, 6.07) is 16.9. The van der Waals surface area contributed by atoms with Gasteiger partial charge in [0.05, 0.1) is 5.57 Å². The summed E-state index contributed by atoms with van der Waals surface area (Å²) in [5.74, 6) is 0. The molecular formula is C26H22N4. The molecule has 4 nitrogen and oxygen atoms in total. The van der Waals surface area contributed by atoms with Crippen LogP contribution in [0.15, 0.2) is 58.8 Å². The first-order chi connectivity index (χ1) is 14.4. The Morgan fingerprint density at radius 1 is 1.07 bits per heavy atom. The van der Waals surface area contributed by atoms with E-state index in [1.807, 2.05) is 19.2 Å². The fraction of sp³-hybridized carbons (Fsp3) is 0.269. The Bertz CT molecular complexity index is 1270. The van der Waals surface area contributed by atoms with E-state index in [0.717, 1.165) is 17.8 Å². The van der Waals surface area contributed by atoms with Crippen molar-refractivity contribution >= 4 is 22.5 Å². The van der Waals surface area contributed by atoms with Crippen LogP contribution in [0.5, 0.6) is 0 Å². The zero-order valence-electron chi connectivity index (χ0n) is 17.5. The Morgan fingerprint density at radius 2 is 1.83 bits per heavy atom. The average molecular weight is 390 g/mol. The maximum absolute atomic E-state index is 9.96. The van der Waals surface area contributed by atoms with Gasteiger partial charge in [0.15, 0.2) is 0 Å². The van der Waals surface area contributed by atoms with Gasteiger partial charge in [0.2, 0.25) is 0 Å². The third-order valence-electron chi connectivity index (χ3n) is 6.03. The van der Waals surface area contributed by atoms with Crippen LogP contribution in [0.25, 0.3) is 16.8 Å². The van der Waals surface area contributed by atoms with Crippen LogP contribution in [0.3, 0.4) is 0 Å². The largest absolute Gasteiger partial charge is 0.347 e. The third-order valence-corrected chi connectivity index (χ3v) is 6.03. The SMILES string of the molecule is CN(C1=C(C#N)C(=C(C#N)C#N)CC(C)(C)C1)c1cc2c3c(cccc3c1)C=CC2. The third kappa shape index (κ3) is 3.16. The summed E-state index contributed by atoms with van der Waals surface area (Å²) in [6.07, 6.45) is 6.47. The number of anilines is 1. The van der Waals surface area contributed by atoms with Crippen LogP contribution in [-0.4, -0.2) is 7.05 Å². The molecule has 0 amide bonds. The van der Waals surface area contributed by atoms with Gasteiger partial charge in [-0.2, -0.15) is 15.8 Å². The van der Waals surface area contributed by atoms with Gasteiger partial charge in [-0.1, -0.05) is 44.2 Å². The fourth-order valence-corrected chi connectivity index (χ4v) is 4.63. The molecule has 0 fully saturated rings. The van der Waals surface area contributed by atoms with Crippen molar-refractivity contribution in [2.45, 2.75) is 33.1 Å². The minimum Gasteiger partial charge on any atom is -0.347 e. The molecule has 0 N–H and O–H groups in total. The van der Waals surface area contributed by atoms with Crippen molar-refractivity contribution < 1.29 is 0 Å². The minimum absolute atomic E-state index is 0.0357. The molecule has 4 rings (SSSR count). The zero-order chi connectivity index (χ0) is 21.5. The molecule has 146 valence electrons. The highest BCUT2D eigenvalue weighted by Crippen LogP contribution is 2.45. The number of rotatable bonds is 2. The smallest absolute Gasteiger partial charge is 0.134 e. The minimum atomic E-state index is -0.154. The first-order valence-corrected chi connectivity index (χ1v) is 10.0. The predicted molar refractivity (Wildman–Crippen MR) is 119 cm³/mol. The van der Waals surface area contributed by atoms with Gasteiger partial charge in [-0.3, -0.25) is 0 Å². The standard InChI is InChI=1S/C26H22N4/c1-26(2)12-22(20(14-27)15-28)23(16-29)24(13-26)30(3)21-10-18-8-4-6-17-7-5-9-19(11-21)25(17)18/h4-8,10-11H,9,12-13H2,1-3H3. The Balaban J connectivity index is 1.91. The van der Waals surface area contributed by atoms with E-state index in [-0.39, 0.29) is 11.0 Å². The lowest BCUT2D eigenvalue weighted by molar-refractivity contribution is 0.345. The van der Waals surface area contributed by atoms with Crippen molar-refractivity contribution in [3.63, 3.8) is 0 Å². The normalized spacial score (nSPS) is 16.6. The van der Waals surface area contributed by atoms with Crippen LogP contribution in [0.4, 0.5) is 5.69 Å². The van der Waals surface area contributed by atoms with Crippen molar-refractivity contribution in [2.24, 2.45) is 5.41 Å². The maximum Gasteiger partial charge on any atom is 0.134 e. The van der Waals surface area contributed by atoms with Gasteiger partial charge >= 0.3 is 0 Å². The van der Waals surface area contributed by atoms with Gasteiger partial charge in [0.25, 0.3) is 0 Å². The second-order valence-electron chi connectivity index (χ2n) is 8.74. The molecule has 0 saturated carbocycles. The zero-order valence-corrected chi connectivity index (χ0v) is 17.5. The molecule has 0 aromatic heterocycles. The Morgan fingerprint density at radius 3 is 2.53 bits per heavy atom. The first-order valence-electron chi connectivity index (χ1n) is 10.0. The summed E-state index contributed by atoms with van der Waals surface area (Å²) in [7, 11) is 1.97. The highest BCUT2D eigenvalue weighted by Gasteiger charge is 2.34. The summed E-state index contributed by atoms with van der Waals surface area (Å²) < 4.78 is 0. The summed E-state index contributed by atoms with van der Waals surface area (Å²) in [5, 5.41) is 31.3. The van der Waals surface area contributed by atoms with E-state index < -0.39 is 0 Å². The molecule has 0 saturated heterocycles. The number of allylic oxidation sites excluding steroid dienone is 5. The molecule has 0 atom stereocenters. The predicted octanol–water partition coefficient (Wildman–Crippen LogP) is 5.79. The van der Waals surface area contributed by atoms with Gasteiger partial charge in [0.1, 0.15) is 23.8 Å². The van der Waals surface area contributed by atoms with Gasteiger partial charge in [-0.25, -0.2) is 0 Å².